The lowest BCUT2D eigenvalue weighted by molar-refractivity contribution is 0.102. The molecule has 0 radical (unpaired) electrons. The maximum atomic E-state index is 13.6. The molecule has 11 heteroatoms. The molecule has 3 heterocycles. The van der Waals surface area contributed by atoms with Gasteiger partial charge in [0.25, 0.3) is 0 Å². The fourth-order valence-corrected chi connectivity index (χ4v) is 4.74. The van der Waals surface area contributed by atoms with Crippen molar-refractivity contribution in [2.24, 2.45) is 0 Å². The number of unbranched alkanes of at least 4 members (excludes halogenated alkanes) is 1. The predicted octanol–water partition coefficient (Wildman–Crippen LogP) is 4.60. The molecular weight excluding hydrogens is 518 g/mol. The maximum absolute atomic E-state index is 13.6. The zero-order chi connectivity index (χ0) is 27.4. The normalized spacial score (nSPS) is 11.2. The number of aryl methyl sites for hydroxylation is 1. The van der Waals surface area contributed by atoms with Gasteiger partial charge in [-0.3, -0.25) is 4.79 Å². The van der Waals surface area contributed by atoms with Crippen molar-refractivity contribution in [2.75, 3.05) is 0 Å². The lowest BCUT2D eigenvalue weighted by Crippen LogP contribution is -2.15. The summed E-state index contributed by atoms with van der Waals surface area (Å²) in [6.07, 6.45) is 3.76. The minimum absolute atomic E-state index is 0.0397. The molecule has 0 spiro atoms. The van der Waals surface area contributed by atoms with Crippen molar-refractivity contribution in [1.29, 1.82) is 0 Å². The van der Waals surface area contributed by atoms with Crippen LogP contribution in [-0.4, -0.2) is 51.2 Å². The van der Waals surface area contributed by atoms with E-state index >= 15 is 0 Å². The molecule has 0 aliphatic rings. The van der Waals surface area contributed by atoms with Crippen molar-refractivity contribution in [3.05, 3.63) is 94.3 Å². The molecule has 0 saturated carbocycles. The van der Waals surface area contributed by atoms with Crippen LogP contribution in [0.5, 0.6) is 5.75 Å². The third kappa shape index (κ3) is 5.43. The molecule has 10 nitrogen and oxygen atoms in total. The number of aliphatic hydroxyl groups is 1. The quantitative estimate of drug-likeness (QED) is 0.217. The van der Waals surface area contributed by atoms with Gasteiger partial charge in [-0.05, 0) is 46.0 Å². The summed E-state index contributed by atoms with van der Waals surface area (Å²) in [4.78, 5) is 22.2. The molecule has 0 aliphatic heterocycles. The minimum atomic E-state index is -0.559. The van der Waals surface area contributed by atoms with Crippen LogP contribution in [0.1, 0.15) is 52.9 Å². The summed E-state index contributed by atoms with van der Waals surface area (Å²) in [6, 6.07) is 17.1. The van der Waals surface area contributed by atoms with Gasteiger partial charge in [-0.25, -0.2) is 9.97 Å². The molecule has 198 valence electrons. The molecule has 3 aromatic heterocycles. The standard InChI is InChI=1S/C28H26ClN7O3/c1-2-3-9-23-31-27(29)25(26(39)24-22(38)13-18(16-37)14-30-24)36(23)15-17-10-11-20(19-7-5-4-6-8-19)21(12-17)28-32-34-35-33-28/h4-8,10-14,37-38H,2-3,9,15-16H2,1H3,(H,32,33,34,35). The molecule has 0 aliphatic carbocycles. The molecule has 0 fully saturated rings. The SMILES string of the molecule is CCCCc1nc(Cl)c(C(=O)c2ncc(CO)cc2O)n1Cc1ccc(-c2ccccc2)c(-c2nn[nH]n2)c1. The number of pyridine rings is 1. The van der Waals surface area contributed by atoms with Gasteiger partial charge in [-0.15, -0.1) is 10.2 Å². The Bertz CT molecular complexity index is 1600. The topological polar surface area (TPSA) is 143 Å². The van der Waals surface area contributed by atoms with Gasteiger partial charge >= 0.3 is 0 Å². The Morgan fingerprint density at radius 2 is 1.90 bits per heavy atom. The largest absolute Gasteiger partial charge is 0.506 e. The van der Waals surface area contributed by atoms with Crippen LogP contribution in [0.15, 0.2) is 60.8 Å². The Balaban J connectivity index is 1.59. The number of ketones is 1. The van der Waals surface area contributed by atoms with Gasteiger partial charge in [0.05, 0.1) is 6.61 Å². The fraction of sp³-hybridized carbons (Fsp3) is 0.214. The number of halogens is 1. The number of aromatic nitrogens is 7. The number of rotatable bonds is 10. The van der Waals surface area contributed by atoms with E-state index in [0.29, 0.717) is 23.6 Å². The zero-order valence-electron chi connectivity index (χ0n) is 21.2. The van der Waals surface area contributed by atoms with Crippen LogP contribution in [-0.2, 0) is 19.6 Å². The number of carbonyl (C=O) groups is 1. The van der Waals surface area contributed by atoms with Gasteiger partial charge in [-0.1, -0.05) is 67.4 Å². The van der Waals surface area contributed by atoms with E-state index in [1.165, 1.54) is 12.3 Å². The molecule has 3 N–H and O–H groups in total. The lowest BCUT2D eigenvalue weighted by atomic mass is 9.97. The maximum Gasteiger partial charge on any atom is 0.234 e. The number of nitrogens with zero attached hydrogens (tertiary/aromatic N) is 6. The van der Waals surface area contributed by atoms with Crippen LogP contribution in [0.3, 0.4) is 0 Å². The third-order valence-electron chi connectivity index (χ3n) is 6.39. The molecule has 0 saturated heterocycles. The molecule has 0 bridgehead atoms. The highest BCUT2D eigenvalue weighted by Crippen LogP contribution is 2.32. The third-order valence-corrected chi connectivity index (χ3v) is 6.65. The van der Waals surface area contributed by atoms with Gasteiger partial charge in [-0.2, -0.15) is 5.21 Å². The van der Waals surface area contributed by atoms with E-state index < -0.39 is 5.78 Å². The first-order chi connectivity index (χ1) is 19.0. The molecule has 0 amide bonds. The molecule has 0 atom stereocenters. The first-order valence-electron chi connectivity index (χ1n) is 12.5. The zero-order valence-corrected chi connectivity index (χ0v) is 21.9. The number of imidazole rings is 1. The van der Waals surface area contributed by atoms with E-state index in [1.807, 2.05) is 48.5 Å². The molecule has 5 aromatic rings. The highest BCUT2D eigenvalue weighted by molar-refractivity contribution is 6.33. The number of benzene rings is 2. The van der Waals surface area contributed by atoms with Gasteiger partial charge in [0.15, 0.2) is 10.8 Å². The second kappa shape index (κ2) is 11.5. The predicted molar refractivity (Wildman–Crippen MR) is 145 cm³/mol. The molecule has 5 rings (SSSR count). The van der Waals surface area contributed by atoms with Crippen molar-refractivity contribution in [2.45, 2.75) is 39.3 Å². The summed E-state index contributed by atoms with van der Waals surface area (Å²) in [5.41, 5.74) is 3.94. The van der Waals surface area contributed by atoms with Crippen molar-refractivity contribution < 1.29 is 15.0 Å². The Morgan fingerprint density at radius 1 is 1.08 bits per heavy atom. The molecule has 2 aromatic carbocycles. The van der Waals surface area contributed by atoms with Crippen molar-refractivity contribution >= 4 is 17.4 Å². The first kappa shape index (κ1) is 26.2. The smallest absolute Gasteiger partial charge is 0.234 e. The number of tetrazole rings is 1. The van der Waals surface area contributed by atoms with Gasteiger partial charge in [0.2, 0.25) is 11.6 Å². The minimum Gasteiger partial charge on any atom is -0.506 e. The summed E-state index contributed by atoms with van der Waals surface area (Å²) in [6.45, 7) is 2.05. The second-order valence-electron chi connectivity index (χ2n) is 9.04. The van der Waals surface area contributed by atoms with E-state index in [4.69, 9.17) is 11.6 Å². The van der Waals surface area contributed by atoms with Crippen LogP contribution in [0.4, 0.5) is 0 Å². The Labute approximate surface area is 229 Å². The summed E-state index contributed by atoms with van der Waals surface area (Å²) in [5.74, 6) is 0.207. The van der Waals surface area contributed by atoms with E-state index in [9.17, 15) is 15.0 Å². The van der Waals surface area contributed by atoms with Crippen LogP contribution in [0, 0.1) is 0 Å². The monoisotopic (exact) mass is 543 g/mol. The Kier molecular flexibility index (Phi) is 7.76. The fourth-order valence-electron chi connectivity index (χ4n) is 4.45. The Hall–Kier alpha value is -4.41. The van der Waals surface area contributed by atoms with Crippen LogP contribution >= 0.6 is 11.6 Å². The summed E-state index contributed by atoms with van der Waals surface area (Å²) in [7, 11) is 0. The van der Waals surface area contributed by atoms with Crippen molar-refractivity contribution in [1.82, 2.24) is 35.2 Å². The van der Waals surface area contributed by atoms with Gasteiger partial charge < -0.3 is 14.8 Å². The lowest BCUT2D eigenvalue weighted by Gasteiger charge is -2.14. The van der Waals surface area contributed by atoms with E-state index in [2.05, 4.69) is 37.5 Å². The van der Waals surface area contributed by atoms with Crippen LogP contribution in [0.2, 0.25) is 5.15 Å². The number of carbonyl (C=O) groups excluding carboxylic acids is 1. The van der Waals surface area contributed by atoms with E-state index in [1.54, 1.807) is 4.57 Å². The summed E-state index contributed by atoms with van der Waals surface area (Å²) >= 11 is 6.53. The number of aromatic amines is 1. The average molecular weight is 544 g/mol. The van der Waals surface area contributed by atoms with E-state index in [-0.39, 0.29) is 35.4 Å². The number of hydrogen-bond acceptors (Lipinski definition) is 8. The summed E-state index contributed by atoms with van der Waals surface area (Å²) < 4.78 is 1.78. The van der Waals surface area contributed by atoms with Crippen molar-refractivity contribution in [3.8, 4) is 28.3 Å². The molecule has 0 unspecified atom stereocenters. The van der Waals surface area contributed by atoms with Gasteiger partial charge in [0, 0.05) is 24.7 Å². The number of H-pyrrole nitrogens is 1. The van der Waals surface area contributed by atoms with Gasteiger partial charge in [0.1, 0.15) is 17.3 Å². The number of aromatic hydroxyl groups is 1. The number of nitrogens with one attached hydrogen (secondary N) is 1. The second-order valence-corrected chi connectivity index (χ2v) is 9.40. The van der Waals surface area contributed by atoms with Crippen molar-refractivity contribution in [3.63, 3.8) is 0 Å². The number of hydrogen-bond donors (Lipinski definition) is 3. The average Bonchev–Trinajstić information content (AvgIpc) is 3.60. The Morgan fingerprint density at radius 3 is 2.59 bits per heavy atom. The highest BCUT2D eigenvalue weighted by atomic mass is 35.5. The molecule has 39 heavy (non-hydrogen) atoms. The van der Waals surface area contributed by atoms with E-state index in [0.717, 1.165) is 35.1 Å². The first-order valence-corrected chi connectivity index (χ1v) is 12.9. The van der Waals surface area contributed by atoms with Crippen LogP contribution in [0.25, 0.3) is 22.5 Å². The van der Waals surface area contributed by atoms with Crippen LogP contribution < -0.4 is 0 Å². The molecular formula is C28H26ClN7O3. The highest BCUT2D eigenvalue weighted by Gasteiger charge is 2.26. The number of aliphatic hydroxyl groups excluding tert-OH is 1. The summed E-state index contributed by atoms with van der Waals surface area (Å²) in [5, 5.41) is 34.5.